The molecule has 1 heterocycles. The number of unbranched alkanes of at least 4 members (excludes halogenated alkanes) is 1. The van der Waals surface area contributed by atoms with Gasteiger partial charge in [0.05, 0.1) is 0 Å². The summed E-state index contributed by atoms with van der Waals surface area (Å²) in [5.74, 6) is 0.948. The van der Waals surface area contributed by atoms with Gasteiger partial charge in [-0.05, 0) is 58.7 Å². The van der Waals surface area contributed by atoms with Gasteiger partial charge in [-0.2, -0.15) is 0 Å². The molecule has 0 unspecified atom stereocenters. The first-order valence-corrected chi connectivity index (χ1v) is 11.1. The number of piperazine rings is 1. The molecule has 1 saturated heterocycles. The summed E-state index contributed by atoms with van der Waals surface area (Å²) in [6.07, 6.45) is 3.41. The minimum atomic E-state index is 0. The number of hydrogen-bond donors (Lipinski definition) is 2. The van der Waals surface area contributed by atoms with Crippen molar-refractivity contribution in [3.63, 3.8) is 0 Å². The maximum Gasteiger partial charge on any atom is 0.191 e. The monoisotopic (exact) mass is 515 g/mol. The predicted octanol–water partition coefficient (Wildman–Crippen LogP) is 3.44. The second-order valence-corrected chi connectivity index (χ2v) is 7.92. The number of likely N-dealkylation sites (N-methyl/N-ethyl adjacent to an activating group) is 1. The number of nitrogens with zero attached hydrogens (tertiary/aromatic N) is 3. The first kappa shape index (κ1) is 26.2. The zero-order valence-electron chi connectivity index (χ0n) is 19.0. The van der Waals surface area contributed by atoms with Crippen molar-refractivity contribution in [2.45, 2.75) is 47.0 Å². The van der Waals surface area contributed by atoms with Crippen LogP contribution in [0.25, 0.3) is 0 Å². The van der Waals surface area contributed by atoms with E-state index >= 15 is 0 Å². The van der Waals surface area contributed by atoms with Gasteiger partial charge in [0.1, 0.15) is 0 Å². The molecule has 1 aromatic carbocycles. The lowest BCUT2D eigenvalue weighted by Gasteiger charge is -2.33. The molecule has 2 rings (SSSR count). The molecule has 0 aliphatic carbocycles. The van der Waals surface area contributed by atoms with Crippen LogP contribution in [-0.2, 0) is 6.42 Å². The van der Waals surface area contributed by atoms with Crippen LogP contribution in [0.5, 0.6) is 0 Å². The average molecular weight is 516 g/mol. The lowest BCUT2D eigenvalue weighted by atomic mass is 10.1. The normalized spacial score (nSPS) is 15.8. The zero-order valence-corrected chi connectivity index (χ0v) is 21.3. The highest BCUT2D eigenvalue weighted by atomic mass is 127. The molecule has 1 fully saturated rings. The van der Waals surface area contributed by atoms with E-state index in [0.29, 0.717) is 0 Å². The van der Waals surface area contributed by atoms with Gasteiger partial charge in [-0.3, -0.25) is 4.99 Å². The fourth-order valence-electron chi connectivity index (χ4n) is 3.85. The van der Waals surface area contributed by atoms with Gasteiger partial charge in [-0.15, -0.1) is 24.0 Å². The van der Waals surface area contributed by atoms with E-state index in [1.54, 1.807) is 0 Å². The molecule has 0 saturated carbocycles. The third kappa shape index (κ3) is 10.6. The van der Waals surface area contributed by atoms with Crippen molar-refractivity contribution >= 4 is 29.9 Å². The van der Waals surface area contributed by atoms with Crippen LogP contribution in [0, 0.1) is 13.8 Å². The highest BCUT2D eigenvalue weighted by molar-refractivity contribution is 14.0. The molecule has 0 atom stereocenters. The van der Waals surface area contributed by atoms with E-state index in [0.717, 1.165) is 38.4 Å². The molecule has 6 heteroatoms. The van der Waals surface area contributed by atoms with E-state index in [-0.39, 0.29) is 24.0 Å². The number of rotatable bonds is 10. The molecule has 1 aliphatic heterocycles. The van der Waals surface area contributed by atoms with Gasteiger partial charge in [0.25, 0.3) is 0 Å². The van der Waals surface area contributed by atoms with Gasteiger partial charge in [-0.25, -0.2) is 0 Å². The van der Waals surface area contributed by atoms with Gasteiger partial charge < -0.3 is 20.4 Å². The third-order valence-electron chi connectivity index (χ3n) is 5.40. The van der Waals surface area contributed by atoms with Crippen molar-refractivity contribution in [1.82, 2.24) is 20.4 Å². The summed E-state index contributed by atoms with van der Waals surface area (Å²) in [4.78, 5) is 9.89. The van der Waals surface area contributed by atoms with Crippen LogP contribution in [-0.4, -0.2) is 74.7 Å². The smallest absolute Gasteiger partial charge is 0.191 e. The van der Waals surface area contributed by atoms with Gasteiger partial charge in [0.2, 0.25) is 0 Å². The number of nitrogens with one attached hydrogen (secondary N) is 2. The molecule has 166 valence electrons. The van der Waals surface area contributed by atoms with Crippen LogP contribution in [0.3, 0.4) is 0 Å². The van der Waals surface area contributed by atoms with E-state index in [9.17, 15) is 0 Å². The lowest BCUT2D eigenvalue weighted by molar-refractivity contribution is 0.136. The predicted molar refractivity (Wildman–Crippen MR) is 137 cm³/mol. The number of hydrogen-bond acceptors (Lipinski definition) is 3. The number of aliphatic imine (C=N–C) groups is 1. The molecule has 29 heavy (non-hydrogen) atoms. The summed E-state index contributed by atoms with van der Waals surface area (Å²) in [5.41, 5.74) is 4.07. The Bertz CT molecular complexity index is 577. The van der Waals surface area contributed by atoms with Gasteiger partial charge in [0, 0.05) is 45.8 Å². The Morgan fingerprint density at radius 2 is 1.59 bits per heavy atom. The molecule has 2 N–H and O–H groups in total. The summed E-state index contributed by atoms with van der Waals surface area (Å²) in [5, 5.41) is 6.85. The summed E-state index contributed by atoms with van der Waals surface area (Å²) in [6.45, 7) is 18.7. The molecule has 0 radical (unpaired) electrons. The fraction of sp³-hybridized carbons (Fsp3) is 0.696. The van der Waals surface area contributed by atoms with Crippen LogP contribution in [0.4, 0.5) is 0 Å². The molecule has 0 spiro atoms. The minimum absolute atomic E-state index is 0. The maximum atomic E-state index is 4.76. The van der Waals surface area contributed by atoms with Crippen molar-refractivity contribution < 1.29 is 0 Å². The van der Waals surface area contributed by atoms with Gasteiger partial charge in [0.15, 0.2) is 5.96 Å². The molecule has 5 nitrogen and oxygen atoms in total. The van der Waals surface area contributed by atoms with Crippen LogP contribution in [0.1, 0.15) is 43.4 Å². The second kappa shape index (κ2) is 15.0. The topological polar surface area (TPSA) is 42.9 Å². The number of guanidine groups is 1. The maximum absolute atomic E-state index is 4.76. The summed E-state index contributed by atoms with van der Waals surface area (Å²) >= 11 is 0. The number of benzene rings is 1. The van der Waals surface area contributed by atoms with Crippen molar-refractivity contribution in [3.8, 4) is 0 Å². The Kier molecular flexibility index (Phi) is 13.6. The quantitative estimate of drug-likeness (QED) is 0.217. The molecular formula is C23H42IN5. The Labute approximate surface area is 195 Å². The van der Waals surface area contributed by atoms with Crippen LogP contribution in [0.15, 0.2) is 23.2 Å². The first-order chi connectivity index (χ1) is 13.6. The van der Waals surface area contributed by atoms with Crippen LogP contribution >= 0.6 is 24.0 Å². The SMILES string of the molecule is CCNC(=NCCCCN1CCN(CC)CC1)NCCc1cc(C)cc(C)c1.I. The molecule has 1 aliphatic rings. The molecule has 0 amide bonds. The Balaban J connectivity index is 0.00000420. The lowest BCUT2D eigenvalue weighted by Crippen LogP contribution is -2.46. The van der Waals surface area contributed by atoms with Crippen LogP contribution in [0.2, 0.25) is 0 Å². The summed E-state index contributed by atoms with van der Waals surface area (Å²) in [7, 11) is 0. The number of aryl methyl sites for hydroxylation is 2. The summed E-state index contributed by atoms with van der Waals surface area (Å²) < 4.78 is 0. The largest absolute Gasteiger partial charge is 0.357 e. The van der Waals surface area contributed by atoms with Crippen molar-refractivity contribution in [3.05, 3.63) is 34.9 Å². The summed E-state index contributed by atoms with van der Waals surface area (Å²) in [6, 6.07) is 6.78. The van der Waals surface area contributed by atoms with E-state index < -0.39 is 0 Å². The Morgan fingerprint density at radius 3 is 2.21 bits per heavy atom. The minimum Gasteiger partial charge on any atom is -0.357 e. The van der Waals surface area contributed by atoms with Gasteiger partial charge >= 0.3 is 0 Å². The third-order valence-corrected chi connectivity index (χ3v) is 5.40. The second-order valence-electron chi connectivity index (χ2n) is 7.92. The van der Waals surface area contributed by atoms with E-state index in [2.05, 4.69) is 66.3 Å². The Hall–Kier alpha value is -0.860. The highest BCUT2D eigenvalue weighted by Gasteiger charge is 2.14. The Morgan fingerprint density at radius 1 is 0.931 bits per heavy atom. The van der Waals surface area contributed by atoms with Crippen molar-refractivity contribution in [2.75, 3.05) is 58.9 Å². The standard InChI is InChI=1S/C23H41N5.HI/c1-5-24-23(26-11-9-22-18-20(3)17-21(4)19-22)25-10-7-8-12-28-15-13-27(6-2)14-16-28;/h17-19H,5-16H2,1-4H3,(H2,24,25,26);1H. The molecule has 1 aromatic rings. The van der Waals surface area contributed by atoms with E-state index in [1.165, 1.54) is 62.4 Å². The van der Waals surface area contributed by atoms with Crippen molar-refractivity contribution in [2.24, 2.45) is 4.99 Å². The molecular weight excluding hydrogens is 473 g/mol. The zero-order chi connectivity index (χ0) is 20.2. The van der Waals surface area contributed by atoms with E-state index in [1.807, 2.05) is 0 Å². The van der Waals surface area contributed by atoms with Crippen molar-refractivity contribution in [1.29, 1.82) is 0 Å². The average Bonchev–Trinajstić information content (AvgIpc) is 2.67. The molecule has 0 bridgehead atoms. The first-order valence-electron chi connectivity index (χ1n) is 11.1. The van der Waals surface area contributed by atoms with Crippen LogP contribution < -0.4 is 10.6 Å². The highest BCUT2D eigenvalue weighted by Crippen LogP contribution is 2.09. The van der Waals surface area contributed by atoms with Gasteiger partial charge in [-0.1, -0.05) is 36.2 Å². The van der Waals surface area contributed by atoms with E-state index in [4.69, 9.17) is 4.99 Å². The number of halogens is 1. The fourth-order valence-corrected chi connectivity index (χ4v) is 3.85. The molecule has 0 aromatic heterocycles.